The zero-order valence-corrected chi connectivity index (χ0v) is 4.94. The van der Waals surface area contributed by atoms with Crippen LogP contribution in [0.1, 0.15) is 0 Å². The minimum Gasteiger partial charge on any atom is -0.480 e. The summed E-state index contributed by atoms with van der Waals surface area (Å²) in [6, 6.07) is -1.37. The molecule has 0 amide bonds. The predicted molar refractivity (Wildman–Crippen MR) is 28.6 cm³/mol. The lowest BCUT2D eigenvalue weighted by atomic mass is 10.3. The van der Waals surface area contributed by atoms with Crippen molar-refractivity contribution < 1.29 is 19.7 Å². The number of carboxylic acids is 1. The normalized spacial score (nSPS) is 16.8. The topological polar surface area (TPSA) is 92.8 Å². The molecular formula is C4H9NO4. The van der Waals surface area contributed by atoms with Crippen LogP contribution in [0.15, 0.2) is 0 Å². The van der Waals surface area contributed by atoms with E-state index in [1.807, 2.05) is 0 Å². The van der Waals surface area contributed by atoms with Crippen LogP contribution in [-0.2, 0) is 9.53 Å². The fraction of sp³-hybridized carbons (Fsp3) is 0.750. The molecule has 0 aliphatic carbocycles. The SMILES string of the molecule is COC(O)[C@H](N)C(=O)O. The number of hydrogen-bond donors (Lipinski definition) is 3. The Morgan fingerprint density at radius 3 is 2.33 bits per heavy atom. The van der Waals surface area contributed by atoms with Crippen molar-refractivity contribution in [3.63, 3.8) is 0 Å². The number of hydrogen-bond acceptors (Lipinski definition) is 4. The highest BCUT2D eigenvalue weighted by Crippen LogP contribution is 1.89. The molecule has 2 atom stereocenters. The molecule has 0 aliphatic heterocycles. The van der Waals surface area contributed by atoms with Crippen molar-refractivity contribution >= 4 is 5.97 Å². The van der Waals surface area contributed by atoms with Crippen molar-refractivity contribution in [3.05, 3.63) is 0 Å². The standard InChI is InChI=1S/C4H9NO4/c1-9-4(8)2(5)3(6)7/h2,4,8H,5H2,1H3,(H,6,7)/t2-,4?/m1/s1. The molecule has 0 spiro atoms. The number of carboxylic acid groups (broad SMARTS) is 1. The summed E-state index contributed by atoms with van der Waals surface area (Å²) in [6.07, 6.45) is -1.43. The van der Waals surface area contributed by atoms with Gasteiger partial charge >= 0.3 is 5.97 Å². The second-order valence-electron chi connectivity index (χ2n) is 1.49. The second-order valence-corrected chi connectivity index (χ2v) is 1.49. The molecule has 0 aromatic carbocycles. The minimum atomic E-state index is -1.43. The van der Waals surface area contributed by atoms with Crippen molar-refractivity contribution in [3.8, 4) is 0 Å². The van der Waals surface area contributed by atoms with E-state index in [1.54, 1.807) is 0 Å². The molecule has 0 bridgehead atoms. The number of ether oxygens (including phenoxy) is 1. The fourth-order valence-corrected chi connectivity index (χ4v) is 0.269. The maximum absolute atomic E-state index is 9.93. The second kappa shape index (κ2) is 3.39. The van der Waals surface area contributed by atoms with Crippen molar-refractivity contribution in [2.75, 3.05) is 7.11 Å². The first-order chi connectivity index (χ1) is 4.09. The number of aliphatic hydroxyl groups is 1. The highest BCUT2D eigenvalue weighted by atomic mass is 16.6. The van der Waals surface area contributed by atoms with E-state index in [0.29, 0.717) is 0 Å². The Morgan fingerprint density at radius 2 is 2.22 bits per heavy atom. The molecule has 54 valence electrons. The van der Waals surface area contributed by atoms with Gasteiger partial charge in [-0.15, -0.1) is 0 Å². The summed E-state index contributed by atoms with van der Waals surface area (Å²) < 4.78 is 4.22. The van der Waals surface area contributed by atoms with Crippen LogP contribution < -0.4 is 5.73 Å². The van der Waals surface area contributed by atoms with Crippen LogP contribution >= 0.6 is 0 Å². The number of methoxy groups -OCH3 is 1. The third-order valence-electron chi connectivity index (χ3n) is 0.834. The molecule has 5 nitrogen and oxygen atoms in total. The summed E-state index contributed by atoms with van der Waals surface area (Å²) >= 11 is 0. The molecule has 0 rings (SSSR count). The molecule has 9 heavy (non-hydrogen) atoms. The van der Waals surface area contributed by atoms with Gasteiger partial charge in [-0.3, -0.25) is 4.79 Å². The lowest BCUT2D eigenvalue weighted by molar-refractivity contribution is -0.153. The Kier molecular flexibility index (Phi) is 3.15. The van der Waals surface area contributed by atoms with Gasteiger partial charge in [0, 0.05) is 7.11 Å². The van der Waals surface area contributed by atoms with Gasteiger partial charge in [-0.2, -0.15) is 0 Å². The number of aliphatic carboxylic acids is 1. The van der Waals surface area contributed by atoms with E-state index in [9.17, 15) is 4.79 Å². The van der Waals surface area contributed by atoms with Gasteiger partial charge in [-0.25, -0.2) is 0 Å². The van der Waals surface area contributed by atoms with E-state index in [4.69, 9.17) is 15.9 Å². The zero-order chi connectivity index (χ0) is 7.44. The van der Waals surface area contributed by atoms with Gasteiger partial charge in [-0.05, 0) is 0 Å². The highest BCUT2D eigenvalue weighted by molar-refractivity contribution is 5.73. The molecule has 0 saturated carbocycles. The first-order valence-corrected chi connectivity index (χ1v) is 2.29. The smallest absolute Gasteiger partial charge is 0.325 e. The monoisotopic (exact) mass is 135 g/mol. The molecule has 0 heterocycles. The van der Waals surface area contributed by atoms with Gasteiger partial charge in [0.15, 0.2) is 12.3 Å². The van der Waals surface area contributed by atoms with Crippen LogP contribution in [0.5, 0.6) is 0 Å². The first-order valence-electron chi connectivity index (χ1n) is 2.29. The summed E-state index contributed by atoms with van der Waals surface area (Å²) in [4.78, 5) is 9.93. The largest absolute Gasteiger partial charge is 0.480 e. The van der Waals surface area contributed by atoms with Gasteiger partial charge in [0.1, 0.15) is 0 Å². The highest BCUT2D eigenvalue weighted by Gasteiger charge is 2.20. The molecular weight excluding hydrogens is 126 g/mol. The first kappa shape index (κ1) is 8.35. The van der Waals surface area contributed by atoms with Crippen LogP contribution in [0.25, 0.3) is 0 Å². The number of rotatable bonds is 3. The molecule has 4 N–H and O–H groups in total. The minimum absolute atomic E-state index is 1.17. The Morgan fingerprint density at radius 1 is 1.78 bits per heavy atom. The summed E-state index contributed by atoms with van der Waals surface area (Å²) in [5, 5.41) is 16.7. The third kappa shape index (κ3) is 2.41. The lowest BCUT2D eigenvalue weighted by Crippen LogP contribution is -2.42. The van der Waals surface area contributed by atoms with Crippen LogP contribution in [0.2, 0.25) is 0 Å². The van der Waals surface area contributed by atoms with E-state index in [1.165, 1.54) is 7.11 Å². The number of nitrogens with two attached hydrogens (primary N) is 1. The Balaban J connectivity index is 3.72. The van der Waals surface area contributed by atoms with Gasteiger partial charge in [-0.1, -0.05) is 0 Å². The maximum atomic E-state index is 9.93. The Labute approximate surface area is 52.0 Å². The Bertz CT molecular complexity index is 105. The molecule has 0 aliphatic rings. The van der Waals surface area contributed by atoms with Gasteiger partial charge < -0.3 is 20.7 Å². The van der Waals surface area contributed by atoms with E-state index in [-0.39, 0.29) is 0 Å². The van der Waals surface area contributed by atoms with Crippen molar-refractivity contribution in [1.29, 1.82) is 0 Å². The zero-order valence-electron chi connectivity index (χ0n) is 4.94. The van der Waals surface area contributed by atoms with Crippen LogP contribution in [0.3, 0.4) is 0 Å². The molecule has 0 radical (unpaired) electrons. The third-order valence-corrected chi connectivity index (χ3v) is 0.834. The van der Waals surface area contributed by atoms with Crippen LogP contribution in [0.4, 0.5) is 0 Å². The predicted octanol–water partition coefficient (Wildman–Crippen LogP) is -1.64. The van der Waals surface area contributed by atoms with Gasteiger partial charge in [0.25, 0.3) is 0 Å². The average molecular weight is 135 g/mol. The molecule has 1 unspecified atom stereocenters. The maximum Gasteiger partial charge on any atom is 0.325 e. The van der Waals surface area contributed by atoms with E-state index >= 15 is 0 Å². The van der Waals surface area contributed by atoms with Crippen LogP contribution in [-0.4, -0.2) is 35.6 Å². The summed E-state index contributed by atoms with van der Waals surface area (Å²) in [5.74, 6) is -1.29. The number of carbonyl (C=O) groups is 1. The molecule has 0 fully saturated rings. The molecule has 0 saturated heterocycles. The van der Waals surface area contributed by atoms with Gasteiger partial charge in [0.2, 0.25) is 0 Å². The molecule has 0 aromatic rings. The summed E-state index contributed by atoms with van der Waals surface area (Å²) in [6.45, 7) is 0. The van der Waals surface area contributed by atoms with Gasteiger partial charge in [0.05, 0.1) is 0 Å². The fourth-order valence-electron chi connectivity index (χ4n) is 0.269. The van der Waals surface area contributed by atoms with Crippen molar-refractivity contribution in [2.45, 2.75) is 12.3 Å². The molecule has 5 heteroatoms. The Hall–Kier alpha value is -0.650. The van der Waals surface area contributed by atoms with Crippen molar-refractivity contribution in [2.24, 2.45) is 5.73 Å². The number of aliphatic hydroxyl groups excluding tert-OH is 1. The molecule has 0 aromatic heterocycles. The van der Waals surface area contributed by atoms with E-state index in [2.05, 4.69) is 4.74 Å². The van der Waals surface area contributed by atoms with E-state index < -0.39 is 18.3 Å². The van der Waals surface area contributed by atoms with Crippen LogP contribution in [0, 0.1) is 0 Å². The summed E-state index contributed by atoms with van der Waals surface area (Å²) in [7, 11) is 1.17. The van der Waals surface area contributed by atoms with E-state index in [0.717, 1.165) is 0 Å². The quantitative estimate of drug-likeness (QED) is 0.404. The van der Waals surface area contributed by atoms with Crippen molar-refractivity contribution in [1.82, 2.24) is 0 Å². The lowest BCUT2D eigenvalue weighted by Gasteiger charge is -2.11. The average Bonchev–Trinajstić information content (AvgIpc) is 1.84. The summed E-state index contributed by atoms with van der Waals surface area (Å²) in [5.41, 5.74) is 4.90.